The van der Waals surface area contributed by atoms with E-state index in [0.29, 0.717) is 19.4 Å². The first-order valence-electron chi connectivity index (χ1n) is 5.20. The molecule has 1 amide bonds. The maximum Gasteiger partial charge on any atom is 0.407 e. The van der Waals surface area contributed by atoms with E-state index in [2.05, 4.69) is 0 Å². The molecule has 0 aromatic rings. The molecule has 16 heavy (non-hydrogen) atoms. The molecule has 6 heteroatoms. The van der Waals surface area contributed by atoms with Crippen molar-refractivity contribution >= 4 is 17.8 Å². The van der Waals surface area contributed by atoms with Gasteiger partial charge in [0.15, 0.2) is 5.78 Å². The van der Waals surface area contributed by atoms with Crippen LogP contribution >= 0.6 is 0 Å². The molecule has 1 rings (SSSR count). The number of Topliss-reactive ketones (excluding diaryl/α,β-unsaturated/α-hetero) is 1. The Bertz CT molecular complexity index is 302. The summed E-state index contributed by atoms with van der Waals surface area (Å²) in [6.07, 6.45) is -0.232. The second kappa shape index (κ2) is 5.48. The topological polar surface area (TPSA) is 83.9 Å². The van der Waals surface area contributed by atoms with Crippen molar-refractivity contribution in [1.82, 2.24) is 4.90 Å². The van der Waals surface area contributed by atoms with E-state index in [1.54, 1.807) is 6.92 Å². The van der Waals surface area contributed by atoms with E-state index in [1.807, 2.05) is 0 Å². The van der Waals surface area contributed by atoms with Gasteiger partial charge in [0.25, 0.3) is 0 Å². The summed E-state index contributed by atoms with van der Waals surface area (Å²) in [6, 6.07) is 0. The summed E-state index contributed by atoms with van der Waals surface area (Å²) in [4.78, 5) is 34.1. The first-order valence-corrected chi connectivity index (χ1v) is 5.20. The highest BCUT2D eigenvalue weighted by atomic mass is 16.5. The Labute approximate surface area is 93.2 Å². The van der Waals surface area contributed by atoms with Crippen LogP contribution in [0, 0.1) is 5.92 Å². The Kier molecular flexibility index (Phi) is 4.28. The van der Waals surface area contributed by atoms with Crippen LogP contribution in [0.4, 0.5) is 4.79 Å². The van der Waals surface area contributed by atoms with E-state index in [1.165, 1.54) is 4.90 Å². The molecular weight excluding hydrogens is 214 g/mol. The van der Waals surface area contributed by atoms with Crippen LogP contribution in [0.1, 0.15) is 19.8 Å². The van der Waals surface area contributed by atoms with E-state index in [-0.39, 0.29) is 18.9 Å². The number of amides is 1. The second-order valence-electron chi connectivity index (χ2n) is 3.71. The maximum atomic E-state index is 11.4. The average molecular weight is 229 g/mol. The van der Waals surface area contributed by atoms with Gasteiger partial charge in [-0.1, -0.05) is 6.92 Å². The molecule has 1 fully saturated rings. The van der Waals surface area contributed by atoms with E-state index in [9.17, 15) is 14.4 Å². The molecule has 1 unspecified atom stereocenters. The minimum absolute atomic E-state index is 0.138. The fourth-order valence-electron chi connectivity index (χ4n) is 1.50. The van der Waals surface area contributed by atoms with Crippen molar-refractivity contribution < 1.29 is 24.2 Å². The standard InChI is InChI=1S/C10H15NO5/c1-2-8(12)6-16-9(13)7-3-4-11(5-7)10(14)15/h7H,2-6H2,1H3,(H,14,15). The molecule has 1 saturated heterocycles. The quantitative estimate of drug-likeness (QED) is 0.710. The molecule has 90 valence electrons. The third-order valence-corrected chi connectivity index (χ3v) is 2.56. The minimum atomic E-state index is -1.03. The van der Waals surface area contributed by atoms with Crippen LogP contribution in [-0.2, 0) is 14.3 Å². The third kappa shape index (κ3) is 3.22. The van der Waals surface area contributed by atoms with Gasteiger partial charge in [0.2, 0.25) is 0 Å². The summed E-state index contributed by atoms with van der Waals surface area (Å²) in [5.74, 6) is -1.05. The number of nitrogens with zero attached hydrogens (tertiary/aromatic N) is 1. The van der Waals surface area contributed by atoms with Crippen molar-refractivity contribution in [2.75, 3.05) is 19.7 Å². The van der Waals surface area contributed by atoms with E-state index < -0.39 is 18.0 Å². The van der Waals surface area contributed by atoms with Gasteiger partial charge in [-0.2, -0.15) is 0 Å². The van der Waals surface area contributed by atoms with E-state index >= 15 is 0 Å². The Morgan fingerprint density at radius 2 is 2.12 bits per heavy atom. The normalized spacial score (nSPS) is 19.6. The highest BCUT2D eigenvalue weighted by molar-refractivity contribution is 5.83. The highest BCUT2D eigenvalue weighted by Crippen LogP contribution is 2.17. The molecule has 1 heterocycles. The van der Waals surface area contributed by atoms with E-state index in [0.717, 1.165) is 0 Å². The number of carbonyl (C=O) groups excluding carboxylic acids is 2. The number of carbonyl (C=O) groups is 3. The summed E-state index contributed by atoms with van der Waals surface area (Å²) >= 11 is 0. The molecule has 0 aliphatic carbocycles. The van der Waals surface area contributed by atoms with Crippen LogP contribution in [0.15, 0.2) is 0 Å². The first-order chi connectivity index (χ1) is 7.54. The fraction of sp³-hybridized carbons (Fsp3) is 0.700. The first kappa shape index (κ1) is 12.5. The molecule has 0 spiro atoms. The number of likely N-dealkylation sites (tertiary alicyclic amines) is 1. The van der Waals surface area contributed by atoms with Crippen LogP contribution in [0.5, 0.6) is 0 Å². The Morgan fingerprint density at radius 3 is 2.62 bits per heavy atom. The number of esters is 1. The largest absolute Gasteiger partial charge is 0.465 e. The van der Waals surface area contributed by atoms with E-state index in [4.69, 9.17) is 9.84 Å². The lowest BCUT2D eigenvalue weighted by atomic mass is 10.1. The number of rotatable bonds is 4. The smallest absolute Gasteiger partial charge is 0.407 e. The number of hydrogen-bond acceptors (Lipinski definition) is 4. The molecule has 0 radical (unpaired) electrons. The lowest BCUT2D eigenvalue weighted by Crippen LogP contribution is -2.29. The molecule has 1 aliphatic rings. The van der Waals surface area contributed by atoms with Gasteiger partial charge in [-0.05, 0) is 6.42 Å². The average Bonchev–Trinajstić information content (AvgIpc) is 2.74. The molecule has 0 aromatic heterocycles. The lowest BCUT2D eigenvalue weighted by Gasteiger charge is -2.11. The summed E-state index contributed by atoms with van der Waals surface area (Å²) in [6.45, 7) is 1.99. The van der Waals surface area contributed by atoms with Crippen molar-refractivity contribution in [2.45, 2.75) is 19.8 Å². The van der Waals surface area contributed by atoms with Crippen LogP contribution in [-0.4, -0.2) is 47.5 Å². The van der Waals surface area contributed by atoms with Crippen LogP contribution in [0.25, 0.3) is 0 Å². The van der Waals surface area contributed by atoms with Gasteiger partial charge in [0.05, 0.1) is 5.92 Å². The summed E-state index contributed by atoms with van der Waals surface area (Å²) in [5, 5.41) is 8.69. The monoisotopic (exact) mass is 229 g/mol. The molecule has 0 bridgehead atoms. The highest BCUT2D eigenvalue weighted by Gasteiger charge is 2.32. The molecule has 6 nitrogen and oxygen atoms in total. The number of ether oxygens (including phenoxy) is 1. The summed E-state index contributed by atoms with van der Waals surface area (Å²) in [7, 11) is 0. The van der Waals surface area contributed by atoms with Crippen molar-refractivity contribution in [2.24, 2.45) is 5.92 Å². The molecule has 1 aliphatic heterocycles. The van der Waals surface area contributed by atoms with Crippen molar-refractivity contribution in [3.05, 3.63) is 0 Å². The van der Waals surface area contributed by atoms with Crippen molar-refractivity contribution in [1.29, 1.82) is 0 Å². The second-order valence-corrected chi connectivity index (χ2v) is 3.71. The van der Waals surface area contributed by atoms with Crippen molar-refractivity contribution in [3.63, 3.8) is 0 Å². The number of hydrogen-bond donors (Lipinski definition) is 1. The summed E-state index contributed by atoms with van der Waals surface area (Å²) < 4.78 is 4.80. The Hall–Kier alpha value is -1.59. The number of ketones is 1. The SMILES string of the molecule is CCC(=O)COC(=O)C1CCN(C(=O)O)C1. The zero-order valence-electron chi connectivity index (χ0n) is 9.14. The van der Waals surface area contributed by atoms with Gasteiger partial charge in [-0.3, -0.25) is 9.59 Å². The van der Waals surface area contributed by atoms with Gasteiger partial charge >= 0.3 is 12.1 Å². The zero-order valence-corrected chi connectivity index (χ0v) is 9.14. The minimum Gasteiger partial charge on any atom is -0.465 e. The third-order valence-electron chi connectivity index (χ3n) is 2.56. The lowest BCUT2D eigenvalue weighted by molar-refractivity contribution is -0.151. The van der Waals surface area contributed by atoms with Gasteiger partial charge in [0.1, 0.15) is 6.61 Å². The predicted octanol–water partition coefficient (Wildman–Crippen LogP) is 0.509. The molecule has 1 atom stereocenters. The van der Waals surface area contributed by atoms with Gasteiger partial charge in [-0.25, -0.2) is 4.79 Å². The summed E-state index contributed by atoms with van der Waals surface area (Å²) in [5.41, 5.74) is 0. The van der Waals surface area contributed by atoms with Gasteiger partial charge in [0, 0.05) is 19.5 Å². The number of carboxylic acid groups (broad SMARTS) is 1. The molecule has 0 aromatic carbocycles. The fourth-order valence-corrected chi connectivity index (χ4v) is 1.50. The van der Waals surface area contributed by atoms with Gasteiger partial charge < -0.3 is 14.7 Å². The Balaban J connectivity index is 2.34. The Morgan fingerprint density at radius 1 is 1.44 bits per heavy atom. The predicted molar refractivity (Wildman–Crippen MR) is 54.0 cm³/mol. The maximum absolute atomic E-state index is 11.4. The van der Waals surface area contributed by atoms with Crippen LogP contribution in [0.2, 0.25) is 0 Å². The van der Waals surface area contributed by atoms with Gasteiger partial charge in [-0.15, -0.1) is 0 Å². The molecule has 0 saturated carbocycles. The van der Waals surface area contributed by atoms with Crippen LogP contribution in [0.3, 0.4) is 0 Å². The van der Waals surface area contributed by atoms with Crippen LogP contribution < -0.4 is 0 Å². The van der Waals surface area contributed by atoms with Crippen molar-refractivity contribution in [3.8, 4) is 0 Å². The molecule has 1 N–H and O–H groups in total. The zero-order chi connectivity index (χ0) is 12.1. The molecular formula is C10H15NO5.